The summed E-state index contributed by atoms with van der Waals surface area (Å²) >= 11 is 0. The van der Waals surface area contributed by atoms with Crippen molar-refractivity contribution in [3.05, 3.63) is 29.8 Å². The van der Waals surface area contributed by atoms with E-state index >= 15 is 0 Å². The van der Waals surface area contributed by atoms with Crippen molar-refractivity contribution < 1.29 is 4.79 Å². The van der Waals surface area contributed by atoms with Crippen LogP contribution < -0.4 is 10.2 Å². The molecule has 1 amide bonds. The fourth-order valence-electron chi connectivity index (χ4n) is 3.63. The first-order valence-corrected chi connectivity index (χ1v) is 9.10. The van der Waals surface area contributed by atoms with Crippen molar-refractivity contribution in [1.29, 1.82) is 0 Å². The molecule has 0 spiro atoms. The molecule has 0 saturated carbocycles. The lowest BCUT2D eigenvalue weighted by Crippen LogP contribution is -2.46. The lowest BCUT2D eigenvalue weighted by Gasteiger charge is -2.33. The molecule has 138 valence electrons. The molecule has 1 aromatic carbocycles. The Labute approximate surface area is 167 Å². The molecular formula is C19H29IN4O. The Bertz CT molecular complexity index is 619. The van der Waals surface area contributed by atoms with Crippen molar-refractivity contribution in [2.75, 3.05) is 37.6 Å². The molecule has 1 fully saturated rings. The Morgan fingerprint density at radius 1 is 1.32 bits per heavy atom. The number of benzene rings is 1. The van der Waals surface area contributed by atoms with E-state index in [-0.39, 0.29) is 36.4 Å². The Morgan fingerprint density at radius 2 is 2.12 bits per heavy atom. The molecule has 5 nitrogen and oxygen atoms in total. The van der Waals surface area contributed by atoms with Crippen LogP contribution in [0.5, 0.6) is 0 Å². The quantitative estimate of drug-likeness (QED) is 0.433. The predicted molar refractivity (Wildman–Crippen MR) is 114 cm³/mol. The summed E-state index contributed by atoms with van der Waals surface area (Å²) in [6.07, 6.45) is 3.41. The van der Waals surface area contributed by atoms with Crippen LogP contribution in [0.4, 0.5) is 5.69 Å². The van der Waals surface area contributed by atoms with Crippen molar-refractivity contribution in [1.82, 2.24) is 10.2 Å². The zero-order valence-electron chi connectivity index (χ0n) is 15.2. The van der Waals surface area contributed by atoms with Gasteiger partial charge in [0.15, 0.2) is 5.96 Å². The van der Waals surface area contributed by atoms with E-state index in [1.807, 2.05) is 23.1 Å². The molecule has 25 heavy (non-hydrogen) atoms. The Kier molecular flexibility index (Phi) is 7.53. The molecule has 2 aliphatic rings. The topological polar surface area (TPSA) is 47.9 Å². The van der Waals surface area contributed by atoms with E-state index in [0.29, 0.717) is 5.92 Å². The van der Waals surface area contributed by atoms with Gasteiger partial charge in [-0.3, -0.25) is 4.79 Å². The minimum Gasteiger partial charge on any atom is -0.357 e. The largest absolute Gasteiger partial charge is 0.357 e. The summed E-state index contributed by atoms with van der Waals surface area (Å²) in [5.74, 6) is 1.65. The van der Waals surface area contributed by atoms with E-state index in [1.54, 1.807) is 0 Å². The van der Waals surface area contributed by atoms with Gasteiger partial charge in [-0.25, -0.2) is 4.99 Å². The smallest absolute Gasteiger partial charge is 0.248 e. The number of carbonyl (C=O) groups is 1. The third-order valence-corrected chi connectivity index (χ3v) is 4.84. The highest BCUT2D eigenvalue weighted by molar-refractivity contribution is 14.0. The van der Waals surface area contributed by atoms with Gasteiger partial charge >= 0.3 is 0 Å². The fraction of sp³-hybridized carbons (Fsp3) is 0.579. The number of nitrogens with zero attached hydrogens (tertiary/aromatic N) is 3. The maximum atomic E-state index is 12.6. The van der Waals surface area contributed by atoms with Crippen molar-refractivity contribution >= 4 is 41.5 Å². The Hall–Kier alpha value is -1.31. The first-order chi connectivity index (χ1) is 11.7. The maximum Gasteiger partial charge on any atom is 0.248 e. The van der Waals surface area contributed by atoms with Crippen molar-refractivity contribution in [3.63, 3.8) is 0 Å². The van der Waals surface area contributed by atoms with Gasteiger partial charge < -0.3 is 15.1 Å². The number of hydrogen-bond donors (Lipinski definition) is 1. The molecule has 2 heterocycles. The Balaban J connectivity index is 0.00000225. The SMILES string of the molecule is CCNC(=NCC(=O)N1CCc2ccccc21)N1CCCC(C)C1.I. The summed E-state index contributed by atoms with van der Waals surface area (Å²) in [5.41, 5.74) is 2.31. The van der Waals surface area contributed by atoms with E-state index in [1.165, 1.54) is 18.4 Å². The van der Waals surface area contributed by atoms with E-state index in [2.05, 4.69) is 35.1 Å². The van der Waals surface area contributed by atoms with Gasteiger partial charge in [-0.2, -0.15) is 0 Å². The van der Waals surface area contributed by atoms with Gasteiger partial charge in [0.05, 0.1) is 0 Å². The first kappa shape index (κ1) is 20.0. The minimum absolute atomic E-state index is 0. The number of hydrogen-bond acceptors (Lipinski definition) is 2. The molecule has 0 bridgehead atoms. The Morgan fingerprint density at radius 3 is 2.88 bits per heavy atom. The number of likely N-dealkylation sites (tertiary alicyclic amines) is 1. The number of aliphatic imine (C=N–C) groups is 1. The molecule has 0 aliphatic carbocycles. The molecular weight excluding hydrogens is 427 g/mol. The standard InChI is InChI=1S/C19H28N4O.HI/c1-3-20-19(22-11-6-7-15(2)14-22)21-13-18(24)23-12-10-16-8-4-5-9-17(16)23;/h4-5,8-9,15H,3,6-7,10-14H2,1-2H3,(H,20,21);1H. The van der Waals surface area contributed by atoms with Gasteiger partial charge in [0, 0.05) is 31.9 Å². The molecule has 1 atom stereocenters. The molecule has 1 aromatic rings. The van der Waals surface area contributed by atoms with Crippen molar-refractivity contribution in [2.45, 2.75) is 33.1 Å². The number of fused-ring (bicyclic) bond motifs is 1. The van der Waals surface area contributed by atoms with Gasteiger partial charge in [-0.15, -0.1) is 24.0 Å². The number of carbonyl (C=O) groups excluding carboxylic acids is 1. The highest BCUT2D eigenvalue weighted by atomic mass is 127. The first-order valence-electron chi connectivity index (χ1n) is 9.10. The van der Waals surface area contributed by atoms with Gasteiger partial charge in [0.2, 0.25) is 5.91 Å². The molecule has 1 saturated heterocycles. The molecule has 1 N–H and O–H groups in total. The van der Waals surface area contributed by atoms with Crippen LogP contribution in [0, 0.1) is 5.92 Å². The van der Waals surface area contributed by atoms with E-state index in [0.717, 1.165) is 44.2 Å². The van der Waals surface area contributed by atoms with Crippen LogP contribution in [0.2, 0.25) is 0 Å². The van der Waals surface area contributed by atoms with Crippen LogP contribution in [-0.4, -0.2) is 49.5 Å². The minimum atomic E-state index is 0. The molecule has 2 aliphatic heterocycles. The number of rotatable bonds is 3. The third kappa shape index (κ3) is 4.86. The second-order valence-electron chi connectivity index (χ2n) is 6.79. The number of para-hydroxylation sites is 1. The normalized spacial score (nSPS) is 20.1. The lowest BCUT2D eigenvalue weighted by atomic mass is 10.0. The summed E-state index contributed by atoms with van der Waals surface area (Å²) in [7, 11) is 0. The zero-order chi connectivity index (χ0) is 16.9. The molecule has 0 aromatic heterocycles. The van der Waals surface area contributed by atoms with Gasteiger partial charge in [0.25, 0.3) is 0 Å². The number of halogens is 1. The van der Waals surface area contributed by atoms with Crippen molar-refractivity contribution in [3.8, 4) is 0 Å². The van der Waals surface area contributed by atoms with Gasteiger partial charge in [-0.1, -0.05) is 25.1 Å². The summed E-state index contributed by atoms with van der Waals surface area (Å²) < 4.78 is 0. The predicted octanol–water partition coefficient (Wildman–Crippen LogP) is 2.89. The summed E-state index contributed by atoms with van der Waals surface area (Å²) in [6.45, 7) is 8.20. The monoisotopic (exact) mass is 456 g/mol. The highest BCUT2D eigenvalue weighted by Crippen LogP contribution is 2.27. The van der Waals surface area contributed by atoms with E-state index in [9.17, 15) is 4.79 Å². The fourth-order valence-corrected chi connectivity index (χ4v) is 3.63. The maximum absolute atomic E-state index is 12.6. The number of guanidine groups is 1. The van der Waals surface area contributed by atoms with Crippen LogP contribution in [-0.2, 0) is 11.2 Å². The highest BCUT2D eigenvalue weighted by Gasteiger charge is 2.24. The van der Waals surface area contributed by atoms with Crippen LogP contribution in [0.1, 0.15) is 32.3 Å². The number of nitrogens with one attached hydrogen (secondary N) is 1. The molecule has 6 heteroatoms. The molecule has 0 radical (unpaired) electrons. The summed E-state index contributed by atoms with van der Waals surface area (Å²) in [4.78, 5) is 21.4. The number of anilines is 1. The van der Waals surface area contributed by atoms with E-state index < -0.39 is 0 Å². The average molecular weight is 456 g/mol. The average Bonchev–Trinajstić information content (AvgIpc) is 3.02. The summed E-state index contributed by atoms with van der Waals surface area (Å²) in [6, 6.07) is 8.16. The van der Waals surface area contributed by atoms with Gasteiger partial charge in [-0.05, 0) is 43.7 Å². The van der Waals surface area contributed by atoms with Crippen LogP contribution in [0.25, 0.3) is 0 Å². The van der Waals surface area contributed by atoms with Crippen molar-refractivity contribution in [2.24, 2.45) is 10.9 Å². The zero-order valence-corrected chi connectivity index (χ0v) is 17.5. The second kappa shape index (κ2) is 9.40. The van der Waals surface area contributed by atoms with E-state index in [4.69, 9.17) is 0 Å². The molecule has 1 unspecified atom stereocenters. The lowest BCUT2D eigenvalue weighted by molar-refractivity contribution is -0.117. The third-order valence-electron chi connectivity index (χ3n) is 4.84. The van der Waals surface area contributed by atoms with Gasteiger partial charge in [0.1, 0.15) is 6.54 Å². The van der Waals surface area contributed by atoms with Crippen LogP contribution in [0.15, 0.2) is 29.3 Å². The second-order valence-corrected chi connectivity index (χ2v) is 6.79. The van der Waals surface area contributed by atoms with Crippen LogP contribution >= 0.6 is 24.0 Å². The van der Waals surface area contributed by atoms with Crippen LogP contribution in [0.3, 0.4) is 0 Å². The number of amides is 1. The molecule has 3 rings (SSSR count). The summed E-state index contributed by atoms with van der Waals surface area (Å²) in [5, 5.41) is 3.34. The number of piperidine rings is 1.